The molecule has 2 amide bonds. The Hall–Kier alpha value is -6.38. The van der Waals surface area contributed by atoms with Crippen molar-refractivity contribution in [2.45, 2.75) is 64.2 Å². The van der Waals surface area contributed by atoms with Gasteiger partial charge >= 0.3 is 0 Å². The Morgan fingerprint density at radius 2 is 0.922 bits per heavy atom. The molecule has 0 bridgehead atoms. The summed E-state index contributed by atoms with van der Waals surface area (Å²) < 4.78 is 23.3. The van der Waals surface area contributed by atoms with E-state index in [4.69, 9.17) is 18.9 Å². The lowest BCUT2D eigenvalue weighted by Crippen LogP contribution is -2.21. The van der Waals surface area contributed by atoms with Crippen molar-refractivity contribution in [1.29, 1.82) is 0 Å². The van der Waals surface area contributed by atoms with E-state index in [1.54, 1.807) is 73.3 Å². The molecule has 0 radical (unpaired) electrons. The number of nitrogens with one attached hydrogen (secondary N) is 2. The van der Waals surface area contributed by atoms with Crippen LogP contribution in [0.2, 0.25) is 0 Å². The summed E-state index contributed by atoms with van der Waals surface area (Å²) in [4.78, 5) is 49.9. The molecule has 6 aromatic rings. The molecule has 12 nitrogen and oxygen atoms in total. The van der Waals surface area contributed by atoms with E-state index in [0.29, 0.717) is 46.0 Å². The zero-order valence-electron chi connectivity index (χ0n) is 36.4. The summed E-state index contributed by atoms with van der Waals surface area (Å²) in [6, 6.07) is 26.4. The molecule has 4 aromatic carbocycles. The Morgan fingerprint density at radius 3 is 1.30 bits per heavy atom. The second kappa shape index (κ2) is 21.8. The summed E-state index contributed by atoms with van der Waals surface area (Å²) in [5.41, 5.74) is 10.3. The molecule has 0 atom stereocenters. The first-order valence-electron chi connectivity index (χ1n) is 21.3. The lowest BCUT2D eigenvalue weighted by Gasteiger charge is -2.09. The van der Waals surface area contributed by atoms with Crippen LogP contribution in [0.25, 0.3) is 20.2 Å². The number of hydrazone groups is 2. The number of hydrogen-bond donors (Lipinski definition) is 2. The first-order chi connectivity index (χ1) is 31.2. The van der Waals surface area contributed by atoms with Crippen LogP contribution in [0.3, 0.4) is 0 Å². The van der Waals surface area contributed by atoms with Crippen LogP contribution in [0.4, 0.5) is 0 Å². The number of ether oxygens (including phenoxy) is 4. The fourth-order valence-electron chi connectivity index (χ4n) is 7.16. The molecule has 2 aromatic heterocycles. The van der Waals surface area contributed by atoms with E-state index in [-0.39, 0.29) is 49.1 Å². The lowest BCUT2D eigenvalue weighted by atomic mass is 10.0. The van der Waals surface area contributed by atoms with Gasteiger partial charge < -0.3 is 18.9 Å². The number of Topliss-reactive ketones (excluding diaryl/α,β-unsaturated/α-hetero) is 2. The van der Waals surface area contributed by atoms with E-state index >= 15 is 0 Å². The summed E-state index contributed by atoms with van der Waals surface area (Å²) in [6.45, 7) is 0. The van der Waals surface area contributed by atoms with Crippen LogP contribution in [0.15, 0.2) is 106 Å². The number of hydrogen-bond acceptors (Lipinski definition) is 12. The molecule has 2 heterocycles. The second-order valence-corrected chi connectivity index (χ2v) is 17.6. The van der Waals surface area contributed by atoms with Gasteiger partial charge in [-0.05, 0) is 98.9 Å². The Balaban J connectivity index is 0.000000191. The summed E-state index contributed by atoms with van der Waals surface area (Å²) in [7, 11) is 6.13. The second-order valence-electron chi connectivity index (χ2n) is 15.8. The first-order valence-corrected chi connectivity index (χ1v) is 23.1. The topological polar surface area (TPSA) is 154 Å². The van der Waals surface area contributed by atoms with Crippen LogP contribution in [0.1, 0.15) is 96.1 Å². The minimum absolute atomic E-state index is 0.0672. The van der Waals surface area contributed by atoms with Crippen molar-refractivity contribution in [3.8, 4) is 23.0 Å². The van der Waals surface area contributed by atoms with Gasteiger partial charge in [-0.15, -0.1) is 22.7 Å². The molecular weight excluding hydrogens is 849 g/mol. The Kier molecular flexibility index (Phi) is 15.6. The molecule has 2 aliphatic carbocycles. The lowest BCUT2D eigenvalue weighted by molar-refractivity contribution is -0.121. The molecule has 14 heteroatoms. The maximum Gasteiger partial charge on any atom is 0.240 e. The highest BCUT2D eigenvalue weighted by atomic mass is 32.1. The molecule has 332 valence electrons. The molecular formula is C50H52N4O8S2. The average molecular weight is 901 g/mol. The molecule has 0 spiro atoms. The summed E-state index contributed by atoms with van der Waals surface area (Å²) in [5.74, 6) is 2.55. The van der Waals surface area contributed by atoms with Crippen molar-refractivity contribution < 1.29 is 38.1 Å². The predicted octanol–water partition coefficient (Wildman–Crippen LogP) is 10.4. The number of fused-ring (bicyclic) bond motifs is 2. The van der Waals surface area contributed by atoms with Gasteiger partial charge in [0, 0.05) is 78.9 Å². The van der Waals surface area contributed by atoms with Crippen LogP contribution in [-0.4, -0.2) is 63.2 Å². The normalized spacial score (nSPS) is 13.8. The predicted molar refractivity (Wildman–Crippen MR) is 254 cm³/mol. The number of carbonyl (C=O) groups excluding carboxylic acids is 4. The molecule has 64 heavy (non-hydrogen) atoms. The number of nitrogens with zero attached hydrogens (tertiary/aromatic N) is 2. The van der Waals surface area contributed by atoms with E-state index in [0.717, 1.165) is 46.2 Å². The van der Waals surface area contributed by atoms with E-state index in [9.17, 15) is 19.2 Å². The summed E-state index contributed by atoms with van der Waals surface area (Å²) in [6.07, 6.45) is 6.84. The minimum Gasteiger partial charge on any atom is -0.493 e. The van der Waals surface area contributed by atoms with Crippen LogP contribution >= 0.6 is 22.7 Å². The molecule has 0 unspecified atom stereocenters. The first kappa shape index (κ1) is 45.6. The third kappa shape index (κ3) is 12.0. The van der Waals surface area contributed by atoms with Crippen LogP contribution in [-0.2, 0) is 9.59 Å². The molecule has 2 N–H and O–H groups in total. The molecule has 8 rings (SSSR count). The Bertz CT molecular complexity index is 2510. The smallest absolute Gasteiger partial charge is 0.240 e. The maximum absolute atomic E-state index is 12.5. The largest absolute Gasteiger partial charge is 0.493 e. The fourth-order valence-corrected chi connectivity index (χ4v) is 9.10. The SMILES string of the molecule is COc1ccc(C(=O)CCC(=O)N/N=C(/CC2CC2)c2csc3ccccc23)cc1OC.COc1ccc(C(=O)CCC(=O)N/N=C(\CC2CC2)c2csc3ccccc23)cc1OC. The number of thiophene rings is 2. The maximum atomic E-state index is 12.5. The quantitative estimate of drug-likeness (QED) is 0.0436. The van der Waals surface area contributed by atoms with Crippen molar-refractivity contribution in [1.82, 2.24) is 10.9 Å². The van der Waals surface area contributed by atoms with Crippen LogP contribution < -0.4 is 29.8 Å². The van der Waals surface area contributed by atoms with Gasteiger partial charge in [-0.2, -0.15) is 10.2 Å². The van der Waals surface area contributed by atoms with Crippen molar-refractivity contribution in [2.24, 2.45) is 22.0 Å². The highest BCUT2D eigenvalue weighted by Crippen LogP contribution is 2.37. The zero-order chi connectivity index (χ0) is 45.0. The van der Waals surface area contributed by atoms with Gasteiger partial charge in [-0.1, -0.05) is 36.4 Å². The highest BCUT2D eigenvalue weighted by Gasteiger charge is 2.27. The third-order valence-corrected chi connectivity index (χ3v) is 13.1. The number of rotatable bonds is 20. The number of carbonyl (C=O) groups is 4. The van der Waals surface area contributed by atoms with Gasteiger partial charge in [0.2, 0.25) is 11.8 Å². The molecule has 2 saturated carbocycles. The highest BCUT2D eigenvalue weighted by molar-refractivity contribution is 7.18. The average Bonchev–Trinajstić information content (AvgIpc) is 4.26. The van der Waals surface area contributed by atoms with E-state index < -0.39 is 0 Å². The van der Waals surface area contributed by atoms with E-state index in [1.807, 2.05) is 24.3 Å². The van der Waals surface area contributed by atoms with Crippen LogP contribution in [0.5, 0.6) is 23.0 Å². The number of ketones is 2. The standard InChI is InChI=1S/2C25H26N2O4S/c2*1-30-22-11-9-17(14-23(22)31-2)21(28)10-12-25(29)27-26-20(13-16-7-8-16)19-15-32-24-6-4-3-5-18(19)24/h2*3-6,9,11,14-16H,7-8,10,12-13H2,1-2H3,(H,27,29)/b26-20+;26-20-. The van der Waals surface area contributed by atoms with Crippen molar-refractivity contribution in [2.75, 3.05) is 28.4 Å². The molecule has 0 aliphatic heterocycles. The number of amides is 2. The van der Waals surface area contributed by atoms with Gasteiger partial charge in [-0.25, -0.2) is 10.9 Å². The van der Waals surface area contributed by atoms with Gasteiger partial charge in [0.05, 0.1) is 39.9 Å². The summed E-state index contributed by atoms with van der Waals surface area (Å²) in [5, 5.41) is 15.5. The van der Waals surface area contributed by atoms with Gasteiger partial charge in [0.15, 0.2) is 34.6 Å². The zero-order valence-corrected chi connectivity index (χ0v) is 38.1. The Morgan fingerprint density at radius 1 is 0.531 bits per heavy atom. The van der Waals surface area contributed by atoms with Crippen molar-refractivity contribution >= 4 is 77.7 Å². The molecule has 2 aliphatic rings. The third-order valence-electron chi connectivity index (χ3n) is 11.1. The number of methoxy groups -OCH3 is 4. The van der Waals surface area contributed by atoms with Crippen molar-refractivity contribution in [3.63, 3.8) is 0 Å². The molecule has 0 saturated heterocycles. The van der Waals surface area contributed by atoms with Gasteiger partial charge in [-0.3, -0.25) is 19.2 Å². The number of benzene rings is 4. The summed E-state index contributed by atoms with van der Waals surface area (Å²) >= 11 is 3.37. The fraction of sp³-hybridized carbons (Fsp3) is 0.320. The van der Waals surface area contributed by atoms with Gasteiger partial charge in [0.1, 0.15) is 0 Å². The van der Waals surface area contributed by atoms with Crippen molar-refractivity contribution in [3.05, 3.63) is 118 Å². The van der Waals surface area contributed by atoms with E-state index in [1.165, 1.54) is 49.3 Å². The Labute approximate surface area is 380 Å². The monoisotopic (exact) mass is 900 g/mol. The van der Waals surface area contributed by atoms with Crippen LogP contribution in [0, 0.1) is 11.8 Å². The van der Waals surface area contributed by atoms with Gasteiger partial charge in [0.25, 0.3) is 0 Å². The van der Waals surface area contributed by atoms with E-state index in [2.05, 4.69) is 56.1 Å². The minimum atomic E-state index is -0.272. The molecule has 2 fully saturated rings.